The van der Waals surface area contributed by atoms with Crippen molar-refractivity contribution in [1.29, 1.82) is 0 Å². The van der Waals surface area contributed by atoms with Crippen LogP contribution in [0.1, 0.15) is 0 Å². The van der Waals surface area contributed by atoms with Crippen LogP contribution in [-0.4, -0.2) is 16.6 Å². The summed E-state index contributed by atoms with van der Waals surface area (Å²) in [5.41, 5.74) is 4.97. The quantitative estimate of drug-likeness (QED) is 0.822. The minimum absolute atomic E-state index is 0.272. The van der Waals surface area contributed by atoms with Crippen molar-refractivity contribution in [2.45, 2.75) is 5.03 Å². The van der Waals surface area contributed by atoms with Crippen molar-refractivity contribution in [3.05, 3.63) is 22.8 Å². The monoisotopic (exact) mass is 246 g/mol. The molecule has 1 aromatic heterocycles. The summed E-state index contributed by atoms with van der Waals surface area (Å²) >= 11 is 4.59. The standard InChI is InChI=1S/C7H7BrN2OS/c8-5-1-2-7(10-3-5)12-4-6(9)11/h1-3H,4H2,(H2,9,11). The van der Waals surface area contributed by atoms with Crippen molar-refractivity contribution in [3.8, 4) is 0 Å². The summed E-state index contributed by atoms with van der Waals surface area (Å²) in [5, 5.41) is 0.803. The van der Waals surface area contributed by atoms with Gasteiger partial charge in [-0.15, -0.1) is 0 Å². The van der Waals surface area contributed by atoms with Gasteiger partial charge in [0.2, 0.25) is 5.91 Å². The van der Waals surface area contributed by atoms with Gasteiger partial charge in [-0.2, -0.15) is 0 Å². The minimum Gasteiger partial charge on any atom is -0.369 e. The zero-order valence-electron chi connectivity index (χ0n) is 6.16. The average molecular weight is 247 g/mol. The SMILES string of the molecule is NC(=O)CSc1ccc(Br)cn1. The first-order valence-electron chi connectivity index (χ1n) is 3.21. The fourth-order valence-electron chi connectivity index (χ4n) is 0.593. The molecule has 64 valence electrons. The third-order valence-corrected chi connectivity index (χ3v) is 2.50. The van der Waals surface area contributed by atoms with Crippen molar-refractivity contribution in [2.24, 2.45) is 5.73 Å². The Kier molecular flexibility index (Phi) is 3.55. The topological polar surface area (TPSA) is 56.0 Å². The molecule has 0 aliphatic carbocycles. The summed E-state index contributed by atoms with van der Waals surface area (Å²) in [5.74, 6) is -0.0565. The first-order valence-corrected chi connectivity index (χ1v) is 4.99. The van der Waals surface area contributed by atoms with E-state index in [2.05, 4.69) is 20.9 Å². The van der Waals surface area contributed by atoms with Crippen LogP contribution in [-0.2, 0) is 4.79 Å². The molecule has 12 heavy (non-hydrogen) atoms. The van der Waals surface area contributed by atoms with Gasteiger partial charge in [-0.05, 0) is 28.1 Å². The number of nitrogens with zero attached hydrogens (tertiary/aromatic N) is 1. The molecule has 3 nitrogen and oxygen atoms in total. The van der Waals surface area contributed by atoms with E-state index in [9.17, 15) is 4.79 Å². The van der Waals surface area contributed by atoms with Gasteiger partial charge in [0.15, 0.2) is 0 Å². The van der Waals surface area contributed by atoms with E-state index in [1.54, 1.807) is 6.20 Å². The summed E-state index contributed by atoms with van der Waals surface area (Å²) in [7, 11) is 0. The number of thioether (sulfide) groups is 1. The Morgan fingerprint density at radius 1 is 1.67 bits per heavy atom. The van der Waals surface area contributed by atoms with E-state index in [1.807, 2.05) is 12.1 Å². The molecule has 1 heterocycles. The lowest BCUT2D eigenvalue weighted by Crippen LogP contribution is -2.13. The molecule has 0 saturated carbocycles. The molecule has 1 rings (SSSR count). The van der Waals surface area contributed by atoms with E-state index < -0.39 is 0 Å². The first-order chi connectivity index (χ1) is 5.68. The van der Waals surface area contributed by atoms with E-state index >= 15 is 0 Å². The molecule has 0 radical (unpaired) electrons. The number of pyridine rings is 1. The van der Waals surface area contributed by atoms with Crippen molar-refractivity contribution >= 4 is 33.6 Å². The van der Waals surface area contributed by atoms with Gasteiger partial charge in [0.1, 0.15) is 0 Å². The fraction of sp³-hybridized carbons (Fsp3) is 0.143. The summed E-state index contributed by atoms with van der Waals surface area (Å²) in [6.07, 6.45) is 1.68. The molecule has 1 amide bonds. The molecule has 0 unspecified atom stereocenters. The lowest BCUT2D eigenvalue weighted by atomic mass is 10.5. The van der Waals surface area contributed by atoms with Crippen LogP contribution in [0, 0.1) is 0 Å². The van der Waals surface area contributed by atoms with E-state index in [1.165, 1.54) is 11.8 Å². The molecule has 1 aromatic rings. The summed E-state index contributed by atoms with van der Waals surface area (Å²) in [6.45, 7) is 0. The van der Waals surface area contributed by atoms with Crippen LogP contribution < -0.4 is 5.73 Å². The van der Waals surface area contributed by atoms with Crippen LogP contribution in [0.3, 0.4) is 0 Å². The molecule has 0 atom stereocenters. The van der Waals surface area contributed by atoms with Crippen LogP contribution >= 0.6 is 27.7 Å². The number of carbonyl (C=O) groups is 1. The van der Waals surface area contributed by atoms with Gasteiger partial charge in [-0.1, -0.05) is 11.8 Å². The van der Waals surface area contributed by atoms with Crippen LogP contribution in [0.5, 0.6) is 0 Å². The second-order valence-corrected chi connectivity index (χ2v) is 3.98. The maximum Gasteiger partial charge on any atom is 0.227 e. The lowest BCUT2D eigenvalue weighted by molar-refractivity contribution is -0.115. The van der Waals surface area contributed by atoms with E-state index in [0.29, 0.717) is 0 Å². The average Bonchev–Trinajstić information content (AvgIpc) is 2.03. The highest BCUT2D eigenvalue weighted by atomic mass is 79.9. The molecular weight excluding hydrogens is 240 g/mol. The lowest BCUT2D eigenvalue weighted by Gasteiger charge is -1.96. The Morgan fingerprint density at radius 3 is 2.92 bits per heavy atom. The van der Waals surface area contributed by atoms with Crippen molar-refractivity contribution in [2.75, 3.05) is 5.75 Å². The van der Waals surface area contributed by atoms with E-state index in [-0.39, 0.29) is 11.7 Å². The number of nitrogens with two attached hydrogens (primary N) is 1. The number of hydrogen-bond acceptors (Lipinski definition) is 3. The fourth-order valence-corrected chi connectivity index (χ4v) is 1.41. The number of carbonyl (C=O) groups excluding carboxylic acids is 1. The summed E-state index contributed by atoms with van der Waals surface area (Å²) in [4.78, 5) is 14.5. The first kappa shape index (κ1) is 9.54. The number of hydrogen-bond donors (Lipinski definition) is 1. The third-order valence-electron chi connectivity index (χ3n) is 1.06. The van der Waals surface area contributed by atoms with Crippen molar-refractivity contribution < 1.29 is 4.79 Å². The smallest absolute Gasteiger partial charge is 0.227 e. The molecule has 0 aliphatic heterocycles. The van der Waals surface area contributed by atoms with Gasteiger partial charge in [0, 0.05) is 10.7 Å². The van der Waals surface area contributed by atoms with Crippen molar-refractivity contribution in [3.63, 3.8) is 0 Å². The predicted molar refractivity (Wildman–Crippen MR) is 51.9 cm³/mol. The van der Waals surface area contributed by atoms with Crippen LogP contribution in [0.25, 0.3) is 0 Å². The molecule has 0 fully saturated rings. The van der Waals surface area contributed by atoms with Crippen LogP contribution in [0.15, 0.2) is 27.8 Å². The normalized spacial score (nSPS) is 9.75. The van der Waals surface area contributed by atoms with Gasteiger partial charge < -0.3 is 5.73 Å². The molecule has 0 spiro atoms. The predicted octanol–water partition coefficient (Wildman–Crippen LogP) is 1.42. The van der Waals surface area contributed by atoms with E-state index in [0.717, 1.165) is 9.50 Å². The third kappa shape index (κ3) is 3.23. The summed E-state index contributed by atoms with van der Waals surface area (Å²) < 4.78 is 0.922. The zero-order valence-corrected chi connectivity index (χ0v) is 8.56. The molecule has 2 N–H and O–H groups in total. The molecule has 0 saturated heterocycles. The number of rotatable bonds is 3. The Balaban J connectivity index is 2.53. The van der Waals surface area contributed by atoms with Gasteiger partial charge >= 0.3 is 0 Å². The van der Waals surface area contributed by atoms with Gasteiger partial charge in [-0.25, -0.2) is 4.98 Å². The number of aromatic nitrogens is 1. The second-order valence-electron chi connectivity index (χ2n) is 2.07. The van der Waals surface area contributed by atoms with Crippen LogP contribution in [0.2, 0.25) is 0 Å². The zero-order chi connectivity index (χ0) is 8.97. The summed E-state index contributed by atoms with van der Waals surface area (Å²) in [6, 6.07) is 3.70. The molecule has 0 aliphatic rings. The highest BCUT2D eigenvalue weighted by molar-refractivity contribution is 9.10. The molecular formula is C7H7BrN2OS. The Labute approximate surface area is 82.9 Å². The van der Waals surface area contributed by atoms with Gasteiger partial charge in [-0.3, -0.25) is 4.79 Å². The maximum atomic E-state index is 10.4. The highest BCUT2D eigenvalue weighted by Crippen LogP contribution is 2.16. The van der Waals surface area contributed by atoms with Gasteiger partial charge in [0.05, 0.1) is 10.8 Å². The van der Waals surface area contributed by atoms with Crippen LogP contribution in [0.4, 0.5) is 0 Å². The largest absolute Gasteiger partial charge is 0.369 e. The number of amides is 1. The molecule has 0 aromatic carbocycles. The molecule has 0 bridgehead atoms. The van der Waals surface area contributed by atoms with Gasteiger partial charge in [0.25, 0.3) is 0 Å². The Hall–Kier alpha value is -0.550. The van der Waals surface area contributed by atoms with Crippen molar-refractivity contribution in [1.82, 2.24) is 4.98 Å². The maximum absolute atomic E-state index is 10.4. The Morgan fingerprint density at radius 2 is 2.42 bits per heavy atom. The Bertz CT molecular complexity index is 275. The highest BCUT2D eigenvalue weighted by Gasteiger charge is 1.98. The van der Waals surface area contributed by atoms with E-state index in [4.69, 9.17) is 5.73 Å². The number of halogens is 1. The molecule has 5 heteroatoms. The second kappa shape index (κ2) is 4.47. The number of primary amides is 1. The minimum atomic E-state index is -0.329.